The minimum atomic E-state index is -0.0118. The van der Waals surface area contributed by atoms with Crippen molar-refractivity contribution < 1.29 is 25.8 Å². The molecule has 50 heavy (non-hydrogen) atoms. The summed E-state index contributed by atoms with van der Waals surface area (Å²) in [6, 6.07) is 37.9. The first-order valence-corrected chi connectivity index (χ1v) is 16.5. The number of fused-ring (bicyclic) bond motifs is 4. The molecule has 0 bridgehead atoms. The van der Waals surface area contributed by atoms with Crippen LogP contribution in [0.1, 0.15) is 52.7 Å². The summed E-state index contributed by atoms with van der Waals surface area (Å²) in [5.74, 6) is 3.63. The van der Waals surface area contributed by atoms with Gasteiger partial charge in [0, 0.05) is 56.7 Å². The molecular formula is C42H37N6OPt-3. The maximum absolute atomic E-state index is 6.47. The Bertz CT molecular complexity index is 2350. The third-order valence-corrected chi connectivity index (χ3v) is 8.97. The summed E-state index contributed by atoms with van der Waals surface area (Å²) >= 11 is 0. The summed E-state index contributed by atoms with van der Waals surface area (Å²) in [6.45, 7) is 15.3. The van der Waals surface area contributed by atoms with E-state index in [9.17, 15) is 0 Å². The molecule has 0 aliphatic carbocycles. The standard InChI is InChI=1S/C42H37N6O.Pt/c1-41(2,3)28-18-21-43-38(23-28)47-27-46(40-36(47)15-10-20-45-40)30-11-9-12-31(25-30)49-32-16-17-34-33-13-7-8-14-35(33)48(37(34)26-32)39-24-29(19-22-44-39)42(4,5)6;/h7-24,27H,1-6H3;/q-3;. The molecule has 0 saturated carbocycles. The summed E-state index contributed by atoms with van der Waals surface area (Å²) in [5.41, 5.74) is 6.12. The Morgan fingerprint density at radius 1 is 0.620 bits per heavy atom. The van der Waals surface area contributed by atoms with Crippen molar-refractivity contribution in [2.24, 2.45) is 0 Å². The van der Waals surface area contributed by atoms with Crippen molar-refractivity contribution in [1.82, 2.24) is 19.5 Å². The molecule has 0 atom stereocenters. The SMILES string of the molecule is CC(C)(C)c1ccnc(N2[CH-]N(c3[c-]c(Oc4[c-]c5c(cc4)c4ccccc4n5-c4cc(C(C)(C)C)ccn4)ccc3)c3ncccc32)c1.[Pt]. The fourth-order valence-electron chi connectivity index (χ4n) is 6.30. The van der Waals surface area contributed by atoms with E-state index in [0.29, 0.717) is 11.5 Å². The van der Waals surface area contributed by atoms with Crippen LogP contribution in [0.3, 0.4) is 0 Å². The Hall–Kier alpha value is -5.00. The number of hydrogen-bond donors (Lipinski definition) is 0. The van der Waals surface area contributed by atoms with Gasteiger partial charge in [0.2, 0.25) is 0 Å². The smallest absolute Gasteiger partial charge is 0.135 e. The van der Waals surface area contributed by atoms with Crippen molar-refractivity contribution in [3.63, 3.8) is 0 Å². The predicted molar refractivity (Wildman–Crippen MR) is 197 cm³/mol. The van der Waals surface area contributed by atoms with Gasteiger partial charge in [-0.2, -0.15) is 12.1 Å². The molecule has 8 rings (SSSR count). The Kier molecular flexibility index (Phi) is 8.51. The quantitative estimate of drug-likeness (QED) is 0.161. The van der Waals surface area contributed by atoms with Crippen LogP contribution < -0.4 is 14.5 Å². The number of ether oxygens (including phenoxy) is 1. The average Bonchev–Trinajstić information content (AvgIpc) is 3.64. The molecular weight excluding hydrogens is 800 g/mol. The monoisotopic (exact) mass is 836 g/mol. The molecule has 0 fully saturated rings. The Balaban J connectivity index is 0.00000392. The van der Waals surface area contributed by atoms with E-state index < -0.39 is 0 Å². The first-order valence-electron chi connectivity index (χ1n) is 16.5. The predicted octanol–water partition coefficient (Wildman–Crippen LogP) is 10.4. The van der Waals surface area contributed by atoms with Crippen molar-refractivity contribution >= 4 is 44.8 Å². The van der Waals surface area contributed by atoms with Crippen LogP contribution in [0.5, 0.6) is 11.5 Å². The number of aromatic nitrogens is 4. The van der Waals surface area contributed by atoms with E-state index in [1.54, 1.807) is 6.20 Å². The van der Waals surface area contributed by atoms with Crippen molar-refractivity contribution in [3.05, 3.63) is 140 Å². The summed E-state index contributed by atoms with van der Waals surface area (Å²) in [5, 5.41) is 2.22. The Morgan fingerprint density at radius 3 is 2.08 bits per heavy atom. The first kappa shape index (κ1) is 33.5. The van der Waals surface area contributed by atoms with Crippen LogP contribution in [-0.4, -0.2) is 19.5 Å². The topological polar surface area (TPSA) is 59.3 Å². The summed E-state index contributed by atoms with van der Waals surface area (Å²) < 4.78 is 8.65. The fraction of sp³-hybridized carbons (Fsp3) is 0.190. The molecule has 7 aromatic rings. The minimum absolute atomic E-state index is 0. The van der Waals surface area contributed by atoms with Gasteiger partial charge in [0.25, 0.3) is 0 Å². The molecule has 3 aromatic carbocycles. The van der Waals surface area contributed by atoms with E-state index in [-0.39, 0.29) is 31.9 Å². The van der Waals surface area contributed by atoms with Gasteiger partial charge >= 0.3 is 0 Å². The van der Waals surface area contributed by atoms with E-state index in [1.807, 2.05) is 54.3 Å². The molecule has 254 valence electrons. The molecule has 0 saturated heterocycles. The van der Waals surface area contributed by atoms with Gasteiger partial charge in [0.05, 0.1) is 5.69 Å². The molecule has 0 amide bonds. The molecule has 7 nitrogen and oxygen atoms in total. The first-order chi connectivity index (χ1) is 23.5. The van der Waals surface area contributed by atoms with E-state index in [4.69, 9.17) is 19.7 Å². The summed E-state index contributed by atoms with van der Waals surface area (Å²) in [4.78, 5) is 18.4. The van der Waals surface area contributed by atoms with Crippen molar-refractivity contribution in [3.8, 4) is 17.3 Å². The van der Waals surface area contributed by atoms with Gasteiger partial charge in [-0.15, -0.1) is 42.4 Å². The summed E-state index contributed by atoms with van der Waals surface area (Å²) in [6.07, 6.45) is 5.56. The number of hydrogen-bond acceptors (Lipinski definition) is 6. The van der Waals surface area contributed by atoms with Gasteiger partial charge in [-0.1, -0.05) is 70.9 Å². The fourth-order valence-corrected chi connectivity index (χ4v) is 6.30. The molecule has 4 aromatic heterocycles. The molecule has 8 heteroatoms. The van der Waals surface area contributed by atoms with Crippen LogP contribution in [0, 0.1) is 18.8 Å². The molecule has 0 radical (unpaired) electrons. The maximum Gasteiger partial charge on any atom is 0.135 e. The van der Waals surface area contributed by atoms with Gasteiger partial charge < -0.3 is 19.1 Å². The third kappa shape index (κ3) is 6.05. The van der Waals surface area contributed by atoms with E-state index in [0.717, 1.165) is 50.6 Å². The molecule has 1 aliphatic heterocycles. The second-order valence-electron chi connectivity index (χ2n) is 14.4. The van der Waals surface area contributed by atoms with Crippen LogP contribution in [0.15, 0.2) is 110 Å². The van der Waals surface area contributed by atoms with Crippen LogP contribution in [0.2, 0.25) is 0 Å². The molecule has 1 aliphatic rings. The van der Waals surface area contributed by atoms with Gasteiger partial charge in [-0.25, -0.2) is 15.0 Å². The van der Waals surface area contributed by atoms with Gasteiger partial charge in [-0.05, 0) is 69.8 Å². The number of pyridine rings is 3. The number of nitrogens with zero attached hydrogens (tertiary/aromatic N) is 6. The number of rotatable bonds is 5. The normalized spacial score (nSPS) is 13.1. The van der Waals surface area contributed by atoms with Crippen molar-refractivity contribution in [2.45, 2.75) is 52.4 Å². The number of anilines is 4. The van der Waals surface area contributed by atoms with Gasteiger partial charge in [-0.3, -0.25) is 0 Å². The second kappa shape index (κ2) is 12.7. The average molecular weight is 837 g/mol. The third-order valence-electron chi connectivity index (χ3n) is 8.97. The van der Waals surface area contributed by atoms with E-state index in [2.05, 4.69) is 124 Å². The molecule has 0 unspecified atom stereocenters. The Labute approximate surface area is 307 Å². The zero-order valence-electron chi connectivity index (χ0n) is 28.9. The number of benzene rings is 3. The molecule has 5 heterocycles. The minimum Gasteiger partial charge on any atom is -0.509 e. The van der Waals surface area contributed by atoms with Crippen LogP contribution in [0.4, 0.5) is 23.0 Å². The zero-order valence-corrected chi connectivity index (χ0v) is 31.1. The van der Waals surface area contributed by atoms with E-state index in [1.165, 1.54) is 11.1 Å². The van der Waals surface area contributed by atoms with Gasteiger partial charge in [0.1, 0.15) is 17.5 Å². The van der Waals surface area contributed by atoms with Crippen molar-refractivity contribution in [1.29, 1.82) is 0 Å². The van der Waals surface area contributed by atoms with Crippen LogP contribution in [-0.2, 0) is 31.9 Å². The van der Waals surface area contributed by atoms with Gasteiger partial charge in [0.15, 0.2) is 0 Å². The zero-order chi connectivity index (χ0) is 33.9. The van der Waals surface area contributed by atoms with Crippen LogP contribution in [0.25, 0.3) is 27.6 Å². The van der Waals surface area contributed by atoms with Crippen LogP contribution >= 0.6 is 0 Å². The summed E-state index contributed by atoms with van der Waals surface area (Å²) in [7, 11) is 0. The number of para-hydroxylation sites is 1. The molecule has 0 spiro atoms. The largest absolute Gasteiger partial charge is 0.509 e. The maximum atomic E-state index is 6.47. The molecule has 0 N–H and O–H groups in total. The Morgan fingerprint density at radius 2 is 1.32 bits per heavy atom. The van der Waals surface area contributed by atoms with Crippen molar-refractivity contribution in [2.75, 3.05) is 9.80 Å². The van der Waals surface area contributed by atoms with E-state index >= 15 is 0 Å². The second-order valence-corrected chi connectivity index (χ2v) is 14.4.